The first-order valence-corrected chi connectivity index (χ1v) is 9.39. The lowest BCUT2D eigenvalue weighted by Gasteiger charge is -2.25. The van der Waals surface area contributed by atoms with Gasteiger partial charge in [-0.25, -0.2) is 8.42 Å². The highest BCUT2D eigenvalue weighted by molar-refractivity contribution is 7.88. The monoisotopic (exact) mass is 362 g/mol. The zero-order chi connectivity index (χ0) is 18.0. The van der Waals surface area contributed by atoms with Crippen LogP contribution in [0.25, 0.3) is 0 Å². The van der Waals surface area contributed by atoms with E-state index in [0.717, 1.165) is 10.6 Å². The molecule has 1 unspecified atom stereocenters. The lowest BCUT2D eigenvalue weighted by atomic mass is 10.1. The molecule has 7 nitrogen and oxygen atoms in total. The predicted octanol–water partition coefficient (Wildman–Crippen LogP) is 1.99. The van der Waals surface area contributed by atoms with E-state index in [1.807, 2.05) is 0 Å². The number of benzene rings is 2. The van der Waals surface area contributed by atoms with Crippen LogP contribution in [-0.2, 0) is 14.8 Å². The minimum atomic E-state index is -3.57. The molecule has 1 heterocycles. The third kappa shape index (κ3) is 3.75. The van der Waals surface area contributed by atoms with E-state index in [9.17, 15) is 13.2 Å². The Morgan fingerprint density at radius 3 is 2.48 bits per heavy atom. The summed E-state index contributed by atoms with van der Waals surface area (Å²) in [5.41, 5.74) is 1.07. The second-order valence-corrected chi connectivity index (χ2v) is 7.69. The van der Waals surface area contributed by atoms with E-state index >= 15 is 0 Å². The maximum Gasteiger partial charge on any atom is 0.247 e. The van der Waals surface area contributed by atoms with Crippen LogP contribution in [0.15, 0.2) is 48.5 Å². The van der Waals surface area contributed by atoms with Crippen LogP contribution in [0, 0.1) is 0 Å². The summed E-state index contributed by atoms with van der Waals surface area (Å²) in [5, 5.41) is 2.74. The fraction of sp³-hybridized carbons (Fsp3) is 0.235. The molecule has 25 heavy (non-hydrogen) atoms. The Morgan fingerprint density at radius 2 is 1.80 bits per heavy atom. The number of carbonyl (C=O) groups is 1. The van der Waals surface area contributed by atoms with Crippen LogP contribution in [0.2, 0.25) is 0 Å². The number of fused-ring (bicyclic) bond motifs is 1. The first-order valence-electron chi connectivity index (χ1n) is 7.55. The molecule has 1 N–H and O–H groups in total. The highest BCUT2D eigenvalue weighted by Crippen LogP contribution is 2.34. The van der Waals surface area contributed by atoms with Gasteiger partial charge in [0.2, 0.25) is 22.7 Å². The Labute approximate surface area is 146 Å². The number of carbonyl (C=O) groups excluding carboxylic acids is 1. The molecular weight excluding hydrogens is 344 g/mol. The number of sulfonamides is 1. The van der Waals surface area contributed by atoms with Crippen LogP contribution in [0.3, 0.4) is 0 Å². The number of nitrogens with one attached hydrogen (secondary N) is 1. The van der Waals surface area contributed by atoms with Gasteiger partial charge >= 0.3 is 0 Å². The lowest BCUT2D eigenvalue weighted by molar-refractivity contribution is -0.119. The van der Waals surface area contributed by atoms with Gasteiger partial charge in [-0.05, 0) is 17.7 Å². The van der Waals surface area contributed by atoms with Gasteiger partial charge in [0, 0.05) is 18.8 Å². The summed E-state index contributed by atoms with van der Waals surface area (Å²) in [7, 11) is -2.19. The van der Waals surface area contributed by atoms with E-state index in [1.54, 1.807) is 48.5 Å². The van der Waals surface area contributed by atoms with E-state index in [1.165, 1.54) is 7.05 Å². The number of likely N-dealkylation sites (N-methyl/N-ethyl adjacent to an activating group) is 1. The Hall–Kier alpha value is -2.58. The van der Waals surface area contributed by atoms with Crippen molar-refractivity contribution in [1.29, 1.82) is 0 Å². The molecule has 0 aliphatic carbocycles. The number of amides is 1. The van der Waals surface area contributed by atoms with Crippen LogP contribution in [0.5, 0.6) is 11.5 Å². The molecule has 132 valence electrons. The SMILES string of the molecule is CN(C(C(=O)Nc1ccc2c(c1)OCO2)c1ccccc1)S(C)(=O)=O. The third-order valence-corrected chi connectivity index (χ3v) is 5.15. The lowest BCUT2D eigenvalue weighted by Crippen LogP contribution is -2.38. The second-order valence-electron chi connectivity index (χ2n) is 5.65. The Morgan fingerprint density at radius 1 is 1.12 bits per heavy atom. The summed E-state index contributed by atoms with van der Waals surface area (Å²) in [6.45, 7) is 0.135. The molecule has 3 rings (SSSR count). The van der Waals surface area contributed by atoms with Crippen molar-refractivity contribution < 1.29 is 22.7 Å². The zero-order valence-electron chi connectivity index (χ0n) is 13.8. The van der Waals surface area contributed by atoms with Crippen molar-refractivity contribution in [3.63, 3.8) is 0 Å². The molecule has 0 spiro atoms. The molecule has 0 radical (unpaired) electrons. The van der Waals surface area contributed by atoms with E-state index in [-0.39, 0.29) is 6.79 Å². The van der Waals surface area contributed by atoms with Crippen LogP contribution in [0.1, 0.15) is 11.6 Å². The molecule has 1 amide bonds. The topological polar surface area (TPSA) is 84.9 Å². The fourth-order valence-electron chi connectivity index (χ4n) is 2.54. The quantitative estimate of drug-likeness (QED) is 0.879. The van der Waals surface area contributed by atoms with Gasteiger partial charge in [-0.2, -0.15) is 4.31 Å². The van der Waals surface area contributed by atoms with Crippen molar-refractivity contribution in [2.45, 2.75) is 6.04 Å². The van der Waals surface area contributed by atoms with Gasteiger partial charge in [0.25, 0.3) is 0 Å². The van der Waals surface area contributed by atoms with E-state index in [4.69, 9.17) is 9.47 Å². The van der Waals surface area contributed by atoms with Crippen molar-refractivity contribution in [1.82, 2.24) is 4.31 Å². The molecule has 0 fully saturated rings. The Bertz CT molecular complexity index is 883. The molecule has 1 atom stereocenters. The summed E-state index contributed by atoms with van der Waals surface area (Å²) in [5.74, 6) is 0.675. The van der Waals surface area contributed by atoms with Crippen molar-refractivity contribution in [2.24, 2.45) is 0 Å². The van der Waals surface area contributed by atoms with Gasteiger partial charge in [0.05, 0.1) is 6.26 Å². The van der Waals surface area contributed by atoms with Gasteiger partial charge in [0.15, 0.2) is 11.5 Å². The number of nitrogens with zero attached hydrogens (tertiary/aromatic N) is 1. The average Bonchev–Trinajstić information content (AvgIpc) is 3.03. The second kappa shape index (κ2) is 6.73. The van der Waals surface area contributed by atoms with Crippen molar-refractivity contribution in [3.8, 4) is 11.5 Å². The largest absolute Gasteiger partial charge is 0.454 e. The standard InChI is InChI=1S/C17H18N2O5S/c1-19(25(2,21)22)16(12-6-4-3-5-7-12)17(20)18-13-8-9-14-15(10-13)24-11-23-14/h3-10,16H,11H2,1-2H3,(H,18,20). The fourth-order valence-corrected chi connectivity index (χ4v) is 3.14. The molecule has 0 bridgehead atoms. The van der Waals surface area contributed by atoms with Crippen LogP contribution >= 0.6 is 0 Å². The summed E-state index contributed by atoms with van der Waals surface area (Å²) in [6, 6.07) is 12.8. The first kappa shape index (κ1) is 17.2. The van der Waals surface area contributed by atoms with Crippen LogP contribution in [0.4, 0.5) is 5.69 Å². The van der Waals surface area contributed by atoms with Crippen LogP contribution < -0.4 is 14.8 Å². The van der Waals surface area contributed by atoms with Crippen molar-refractivity contribution in [2.75, 3.05) is 25.4 Å². The first-order chi connectivity index (χ1) is 11.9. The molecule has 2 aromatic rings. The van der Waals surface area contributed by atoms with Gasteiger partial charge in [0.1, 0.15) is 6.04 Å². The van der Waals surface area contributed by atoms with Crippen molar-refractivity contribution >= 4 is 21.6 Å². The minimum absolute atomic E-state index is 0.135. The molecule has 0 saturated heterocycles. The number of anilines is 1. The van der Waals surface area contributed by atoms with Crippen molar-refractivity contribution in [3.05, 3.63) is 54.1 Å². The van der Waals surface area contributed by atoms with Gasteiger partial charge in [-0.15, -0.1) is 0 Å². The van der Waals surface area contributed by atoms with E-state index < -0.39 is 22.0 Å². The average molecular weight is 362 g/mol. The maximum absolute atomic E-state index is 12.8. The van der Waals surface area contributed by atoms with Gasteiger partial charge < -0.3 is 14.8 Å². The third-order valence-electron chi connectivity index (χ3n) is 3.89. The number of ether oxygens (including phenoxy) is 2. The highest BCUT2D eigenvalue weighted by Gasteiger charge is 2.31. The molecule has 0 aromatic heterocycles. The molecule has 1 aliphatic heterocycles. The Kier molecular flexibility index (Phi) is 4.65. The van der Waals surface area contributed by atoms with E-state index in [2.05, 4.69) is 5.32 Å². The number of hydrogen-bond acceptors (Lipinski definition) is 5. The Balaban J connectivity index is 1.89. The van der Waals surface area contributed by atoms with Crippen LogP contribution in [-0.4, -0.2) is 38.7 Å². The maximum atomic E-state index is 12.8. The summed E-state index contributed by atoms with van der Waals surface area (Å²) in [4.78, 5) is 12.8. The summed E-state index contributed by atoms with van der Waals surface area (Å²) in [6.07, 6.45) is 1.07. The summed E-state index contributed by atoms with van der Waals surface area (Å²) < 4.78 is 35.5. The number of hydrogen-bond donors (Lipinski definition) is 1. The molecule has 1 aliphatic rings. The summed E-state index contributed by atoms with van der Waals surface area (Å²) >= 11 is 0. The smallest absolute Gasteiger partial charge is 0.247 e. The zero-order valence-corrected chi connectivity index (χ0v) is 14.6. The highest BCUT2D eigenvalue weighted by atomic mass is 32.2. The molecule has 2 aromatic carbocycles. The molecule has 0 saturated carbocycles. The number of rotatable bonds is 5. The molecule has 8 heteroatoms. The van der Waals surface area contributed by atoms with E-state index in [0.29, 0.717) is 22.7 Å². The molecular formula is C17H18N2O5S. The van der Waals surface area contributed by atoms with Gasteiger partial charge in [-0.3, -0.25) is 4.79 Å². The normalized spacial score (nSPS) is 14.4. The van der Waals surface area contributed by atoms with Gasteiger partial charge in [-0.1, -0.05) is 30.3 Å². The minimum Gasteiger partial charge on any atom is -0.454 e. The predicted molar refractivity (Wildman–Crippen MR) is 93.0 cm³/mol.